The molecule has 4 heteroatoms. The molecule has 2 N–H and O–H groups in total. The molecule has 1 aliphatic heterocycles. The maximum absolute atomic E-state index is 13.2. The number of terminal acetylenes is 1. The van der Waals surface area contributed by atoms with E-state index in [0.29, 0.717) is 18.4 Å². The number of carbonyl (C=O) groups excluding carboxylic acids is 1. The quantitative estimate of drug-likeness (QED) is 0.799. The summed E-state index contributed by atoms with van der Waals surface area (Å²) in [5, 5.41) is 14.8. The molecular weight excluding hydrogens is 324 g/mol. The van der Waals surface area contributed by atoms with Gasteiger partial charge in [-0.1, -0.05) is 55.5 Å². The van der Waals surface area contributed by atoms with Crippen molar-refractivity contribution in [3.05, 3.63) is 35.9 Å². The number of carbonyl (C=O) groups is 1. The fourth-order valence-corrected chi connectivity index (χ4v) is 5.11. The molecule has 1 saturated heterocycles. The van der Waals surface area contributed by atoms with Gasteiger partial charge in [-0.25, -0.2) is 0 Å². The van der Waals surface area contributed by atoms with Crippen LogP contribution in [0.2, 0.25) is 0 Å². The van der Waals surface area contributed by atoms with Crippen molar-refractivity contribution in [1.82, 2.24) is 10.2 Å². The topological polar surface area (TPSA) is 52.6 Å². The zero-order valence-corrected chi connectivity index (χ0v) is 15.2. The Kier molecular flexibility index (Phi) is 4.77. The normalized spacial score (nSPS) is 30.8. The average molecular weight is 352 g/mol. The van der Waals surface area contributed by atoms with Gasteiger partial charge in [-0.15, -0.1) is 6.42 Å². The Balaban J connectivity index is 1.48. The number of nitrogens with zero attached hydrogens (tertiary/aromatic N) is 1. The van der Waals surface area contributed by atoms with Crippen LogP contribution in [0.4, 0.5) is 0 Å². The first kappa shape index (κ1) is 17.6. The van der Waals surface area contributed by atoms with Crippen LogP contribution in [0.1, 0.15) is 37.7 Å². The Morgan fingerprint density at radius 3 is 2.46 bits per heavy atom. The van der Waals surface area contributed by atoms with Gasteiger partial charge in [0.2, 0.25) is 0 Å². The highest BCUT2D eigenvalue weighted by atomic mass is 16.3. The van der Waals surface area contributed by atoms with E-state index < -0.39 is 5.60 Å². The lowest BCUT2D eigenvalue weighted by Gasteiger charge is -2.38. The largest absolute Gasteiger partial charge is 0.375 e. The van der Waals surface area contributed by atoms with E-state index in [1.807, 2.05) is 30.3 Å². The van der Waals surface area contributed by atoms with Crippen molar-refractivity contribution in [2.75, 3.05) is 19.6 Å². The maximum atomic E-state index is 13.2. The van der Waals surface area contributed by atoms with Gasteiger partial charge < -0.3 is 10.4 Å². The Morgan fingerprint density at radius 2 is 1.85 bits per heavy atom. The lowest BCUT2D eigenvalue weighted by Crippen LogP contribution is -2.51. The predicted octanol–water partition coefficient (Wildman–Crippen LogP) is 2.13. The third-order valence-electron chi connectivity index (χ3n) is 6.64. The predicted molar refractivity (Wildman–Crippen MR) is 101 cm³/mol. The van der Waals surface area contributed by atoms with E-state index in [2.05, 4.69) is 16.1 Å². The van der Waals surface area contributed by atoms with Crippen molar-refractivity contribution in [2.45, 2.75) is 43.7 Å². The SMILES string of the molecule is C#CCN1CC2C(C1)C2NC(=O)C(O)(c1ccccc1)C1CCCCC1. The molecule has 0 spiro atoms. The molecule has 3 fully saturated rings. The molecule has 1 aromatic carbocycles. The number of hydrogen-bond acceptors (Lipinski definition) is 3. The molecule has 2 aliphatic carbocycles. The first-order chi connectivity index (χ1) is 12.6. The fraction of sp³-hybridized carbons (Fsp3) is 0.591. The molecular formula is C22H28N2O2. The van der Waals surface area contributed by atoms with E-state index >= 15 is 0 Å². The van der Waals surface area contributed by atoms with Crippen LogP contribution in [0.25, 0.3) is 0 Å². The second-order valence-electron chi connectivity index (χ2n) is 8.19. The lowest BCUT2D eigenvalue weighted by molar-refractivity contribution is -0.149. The van der Waals surface area contributed by atoms with Gasteiger partial charge in [0.05, 0.1) is 6.54 Å². The van der Waals surface area contributed by atoms with Crippen molar-refractivity contribution < 1.29 is 9.90 Å². The monoisotopic (exact) mass is 352 g/mol. The van der Waals surface area contributed by atoms with Crippen molar-refractivity contribution in [1.29, 1.82) is 0 Å². The minimum Gasteiger partial charge on any atom is -0.375 e. The van der Waals surface area contributed by atoms with Gasteiger partial charge in [-0.05, 0) is 30.2 Å². The van der Waals surface area contributed by atoms with Crippen molar-refractivity contribution >= 4 is 5.91 Å². The molecule has 4 nitrogen and oxygen atoms in total. The van der Waals surface area contributed by atoms with E-state index in [4.69, 9.17) is 6.42 Å². The fourth-order valence-electron chi connectivity index (χ4n) is 5.11. The molecule has 1 heterocycles. The number of fused-ring (bicyclic) bond motifs is 1. The van der Waals surface area contributed by atoms with Gasteiger partial charge in [0.15, 0.2) is 5.60 Å². The van der Waals surface area contributed by atoms with E-state index in [9.17, 15) is 9.90 Å². The van der Waals surface area contributed by atoms with Crippen LogP contribution >= 0.6 is 0 Å². The summed E-state index contributed by atoms with van der Waals surface area (Å²) in [6.45, 7) is 2.59. The second kappa shape index (κ2) is 7.06. The standard InChI is InChI=1S/C22H28N2O2/c1-2-13-24-14-18-19(15-24)20(18)23-21(25)22(26,16-9-5-3-6-10-16)17-11-7-4-8-12-17/h1,3,5-6,9-10,17-20,26H,4,7-8,11-15H2,(H,23,25). The molecule has 0 aromatic heterocycles. The molecule has 1 aromatic rings. The zero-order chi connectivity index (χ0) is 18.1. The Labute approximate surface area is 156 Å². The van der Waals surface area contributed by atoms with E-state index in [-0.39, 0.29) is 17.9 Å². The number of hydrogen-bond donors (Lipinski definition) is 2. The van der Waals surface area contributed by atoms with E-state index in [1.165, 1.54) is 6.42 Å². The smallest absolute Gasteiger partial charge is 0.257 e. The first-order valence-electron chi connectivity index (χ1n) is 9.89. The molecule has 4 rings (SSSR count). The molecule has 0 radical (unpaired) electrons. The number of nitrogens with one attached hydrogen (secondary N) is 1. The number of rotatable bonds is 5. The van der Waals surface area contributed by atoms with Crippen LogP contribution in [0.5, 0.6) is 0 Å². The highest BCUT2D eigenvalue weighted by Crippen LogP contribution is 2.47. The molecule has 26 heavy (non-hydrogen) atoms. The molecule has 2 saturated carbocycles. The number of piperidine rings is 1. The maximum Gasteiger partial charge on any atom is 0.257 e. The molecule has 1 amide bonds. The molecule has 3 unspecified atom stereocenters. The number of likely N-dealkylation sites (tertiary alicyclic amines) is 1. The Bertz CT molecular complexity index is 680. The second-order valence-corrected chi connectivity index (χ2v) is 8.19. The van der Waals surface area contributed by atoms with Gasteiger partial charge in [-0.2, -0.15) is 0 Å². The highest BCUT2D eigenvalue weighted by molar-refractivity contribution is 5.87. The van der Waals surface area contributed by atoms with Gasteiger partial charge >= 0.3 is 0 Å². The Hall–Kier alpha value is -1.83. The van der Waals surface area contributed by atoms with Crippen molar-refractivity contribution in [3.63, 3.8) is 0 Å². The summed E-state index contributed by atoms with van der Waals surface area (Å²) in [4.78, 5) is 15.5. The van der Waals surface area contributed by atoms with Crippen LogP contribution in [0.3, 0.4) is 0 Å². The van der Waals surface area contributed by atoms with Crippen LogP contribution < -0.4 is 5.32 Å². The minimum atomic E-state index is -1.42. The van der Waals surface area contributed by atoms with Crippen LogP contribution in [0.15, 0.2) is 30.3 Å². The van der Waals surface area contributed by atoms with Gasteiger partial charge in [0.1, 0.15) is 0 Å². The molecule has 3 atom stereocenters. The van der Waals surface area contributed by atoms with Crippen LogP contribution in [-0.2, 0) is 10.4 Å². The summed E-state index contributed by atoms with van der Waals surface area (Å²) < 4.78 is 0. The van der Waals surface area contributed by atoms with Crippen molar-refractivity contribution in [3.8, 4) is 12.3 Å². The summed E-state index contributed by atoms with van der Waals surface area (Å²) in [5.74, 6) is 3.45. The minimum absolute atomic E-state index is 0.00446. The summed E-state index contributed by atoms with van der Waals surface area (Å²) in [6, 6.07) is 9.69. The summed E-state index contributed by atoms with van der Waals surface area (Å²) in [5.41, 5.74) is -0.693. The van der Waals surface area contributed by atoms with Gasteiger partial charge in [-0.3, -0.25) is 9.69 Å². The Morgan fingerprint density at radius 1 is 1.19 bits per heavy atom. The van der Waals surface area contributed by atoms with Gasteiger partial charge in [0, 0.05) is 25.0 Å². The molecule has 3 aliphatic rings. The summed E-state index contributed by atoms with van der Waals surface area (Å²) in [7, 11) is 0. The number of aliphatic hydroxyl groups is 1. The third-order valence-corrected chi connectivity index (χ3v) is 6.64. The summed E-state index contributed by atoms with van der Waals surface area (Å²) in [6.07, 6.45) is 10.6. The van der Waals surface area contributed by atoms with E-state index in [1.54, 1.807) is 0 Å². The zero-order valence-electron chi connectivity index (χ0n) is 15.2. The number of amides is 1. The van der Waals surface area contributed by atoms with Crippen molar-refractivity contribution in [2.24, 2.45) is 17.8 Å². The average Bonchev–Trinajstić information content (AvgIpc) is 3.12. The molecule has 0 bridgehead atoms. The number of benzene rings is 1. The van der Waals surface area contributed by atoms with Crippen LogP contribution in [0, 0.1) is 30.1 Å². The van der Waals surface area contributed by atoms with Crippen LogP contribution in [-0.4, -0.2) is 41.6 Å². The lowest BCUT2D eigenvalue weighted by atomic mass is 9.73. The van der Waals surface area contributed by atoms with E-state index in [0.717, 1.165) is 44.3 Å². The third kappa shape index (κ3) is 3.04. The highest BCUT2D eigenvalue weighted by Gasteiger charge is 2.58. The van der Waals surface area contributed by atoms with Gasteiger partial charge in [0.25, 0.3) is 5.91 Å². The first-order valence-corrected chi connectivity index (χ1v) is 9.89. The molecule has 138 valence electrons. The summed E-state index contributed by atoms with van der Waals surface area (Å²) >= 11 is 0.